The van der Waals surface area contributed by atoms with Crippen LogP contribution in [-0.4, -0.2) is 25.4 Å². The molecule has 0 radical (unpaired) electrons. The minimum Gasteiger partial charge on any atom is -0.495 e. The quantitative estimate of drug-likeness (QED) is 0.785. The molecule has 0 aliphatic heterocycles. The Kier molecular flexibility index (Phi) is 5.98. The second kappa shape index (κ2) is 7.98. The minimum atomic E-state index is -0.552. The number of Topliss-reactive ketones (excluding diaryl/α,β-unsaturated/α-hetero) is 1. The van der Waals surface area contributed by atoms with Crippen LogP contribution in [-0.2, 0) is 4.79 Å². The lowest BCUT2D eigenvalue weighted by molar-refractivity contribution is -0.118. The molecule has 2 aromatic rings. The first kappa shape index (κ1) is 18.7. The number of ketones is 1. The standard InChI is InChI=1S/C18H17ClFNO4/c1-10-6-15(17(24-3)8-14(10)19)21-18(23)9-25-16-5-4-12(20)7-13(16)11(2)22/h4-8H,9H2,1-3H3,(H,21,23). The molecule has 2 rings (SSSR count). The van der Waals surface area contributed by atoms with Gasteiger partial charge in [0.05, 0.1) is 18.4 Å². The number of halogens is 2. The molecule has 7 heteroatoms. The maximum atomic E-state index is 13.2. The maximum absolute atomic E-state index is 13.2. The van der Waals surface area contributed by atoms with Gasteiger partial charge in [-0.25, -0.2) is 4.39 Å². The summed E-state index contributed by atoms with van der Waals surface area (Å²) in [6, 6.07) is 6.82. The van der Waals surface area contributed by atoms with Gasteiger partial charge in [-0.3, -0.25) is 9.59 Å². The van der Waals surface area contributed by atoms with Gasteiger partial charge in [-0.2, -0.15) is 0 Å². The van der Waals surface area contributed by atoms with Crippen molar-refractivity contribution in [3.05, 3.63) is 52.3 Å². The number of anilines is 1. The molecule has 5 nitrogen and oxygen atoms in total. The van der Waals surface area contributed by atoms with Gasteiger partial charge in [0, 0.05) is 11.1 Å². The van der Waals surface area contributed by atoms with Crippen molar-refractivity contribution in [3.8, 4) is 11.5 Å². The molecule has 0 fully saturated rings. The summed E-state index contributed by atoms with van der Waals surface area (Å²) in [5.41, 5.74) is 1.30. The molecule has 0 spiro atoms. The Labute approximate surface area is 149 Å². The lowest BCUT2D eigenvalue weighted by Gasteiger charge is -2.13. The van der Waals surface area contributed by atoms with Crippen LogP contribution in [0.25, 0.3) is 0 Å². The highest BCUT2D eigenvalue weighted by atomic mass is 35.5. The number of amides is 1. The topological polar surface area (TPSA) is 64.6 Å². The summed E-state index contributed by atoms with van der Waals surface area (Å²) in [6.07, 6.45) is 0. The van der Waals surface area contributed by atoms with Crippen LogP contribution in [0.2, 0.25) is 5.02 Å². The Balaban J connectivity index is 2.10. The summed E-state index contributed by atoms with van der Waals surface area (Å²) in [5, 5.41) is 3.17. The fourth-order valence-corrected chi connectivity index (χ4v) is 2.32. The fourth-order valence-electron chi connectivity index (χ4n) is 2.16. The van der Waals surface area contributed by atoms with E-state index in [1.54, 1.807) is 19.1 Å². The second-order valence-electron chi connectivity index (χ2n) is 5.34. The largest absolute Gasteiger partial charge is 0.495 e. The van der Waals surface area contributed by atoms with Crippen LogP contribution in [0.1, 0.15) is 22.8 Å². The Morgan fingerprint density at radius 2 is 1.92 bits per heavy atom. The van der Waals surface area contributed by atoms with Gasteiger partial charge in [-0.15, -0.1) is 0 Å². The Hall–Kier alpha value is -2.60. The molecule has 0 unspecified atom stereocenters. The third-order valence-electron chi connectivity index (χ3n) is 3.43. The number of methoxy groups -OCH3 is 1. The smallest absolute Gasteiger partial charge is 0.262 e. The molecule has 0 atom stereocenters. The molecule has 2 aromatic carbocycles. The summed E-state index contributed by atoms with van der Waals surface area (Å²) < 4.78 is 23.8. The number of carbonyl (C=O) groups excluding carboxylic acids is 2. The third kappa shape index (κ3) is 4.70. The highest BCUT2D eigenvalue weighted by Crippen LogP contribution is 2.31. The van der Waals surface area contributed by atoms with Gasteiger partial charge in [-0.05, 0) is 43.7 Å². The van der Waals surface area contributed by atoms with Gasteiger partial charge >= 0.3 is 0 Å². The summed E-state index contributed by atoms with van der Waals surface area (Å²) in [5.74, 6) is -0.814. The summed E-state index contributed by atoms with van der Waals surface area (Å²) >= 11 is 6.02. The zero-order chi connectivity index (χ0) is 18.6. The first-order chi connectivity index (χ1) is 11.8. The number of rotatable bonds is 6. The van der Waals surface area contributed by atoms with Gasteiger partial charge in [0.2, 0.25) is 0 Å². The first-order valence-electron chi connectivity index (χ1n) is 7.39. The predicted molar refractivity (Wildman–Crippen MR) is 93.3 cm³/mol. The van der Waals surface area contributed by atoms with Crippen molar-refractivity contribution in [1.82, 2.24) is 0 Å². The van der Waals surface area contributed by atoms with Gasteiger partial charge in [-0.1, -0.05) is 11.6 Å². The summed E-state index contributed by atoms with van der Waals surface area (Å²) in [4.78, 5) is 23.6. The van der Waals surface area contributed by atoms with Crippen molar-refractivity contribution in [2.45, 2.75) is 13.8 Å². The van der Waals surface area contributed by atoms with Crippen LogP contribution in [0.3, 0.4) is 0 Å². The van der Waals surface area contributed by atoms with E-state index >= 15 is 0 Å². The number of carbonyl (C=O) groups is 2. The Morgan fingerprint density at radius 1 is 1.20 bits per heavy atom. The van der Waals surface area contributed by atoms with Crippen LogP contribution in [0.15, 0.2) is 30.3 Å². The van der Waals surface area contributed by atoms with Crippen LogP contribution in [0.5, 0.6) is 11.5 Å². The lowest BCUT2D eigenvalue weighted by Crippen LogP contribution is -2.21. The number of ether oxygens (including phenoxy) is 2. The van der Waals surface area contributed by atoms with Crippen molar-refractivity contribution >= 4 is 29.0 Å². The molecule has 0 aromatic heterocycles. The van der Waals surface area contributed by atoms with Crippen molar-refractivity contribution in [2.75, 3.05) is 19.0 Å². The molecule has 1 N–H and O–H groups in total. The number of nitrogens with one attached hydrogen (secondary N) is 1. The number of hydrogen-bond donors (Lipinski definition) is 1. The van der Waals surface area contributed by atoms with Crippen LogP contribution < -0.4 is 14.8 Å². The normalized spacial score (nSPS) is 10.3. The molecule has 132 valence electrons. The average Bonchev–Trinajstić information content (AvgIpc) is 2.56. The lowest BCUT2D eigenvalue weighted by atomic mass is 10.1. The molecule has 0 aliphatic carbocycles. The SMILES string of the molecule is COc1cc(Cl)c(C)cc1NC(=O)COc1ccc(F)cc1C(C)=O. The molecular weight excluding hydrogens is 349 g/mol. The van der Waals surface area contributed by atoms with E-state index in [4.69, 9.17) is 21.1 Å². The number of benzene rings is 2. The van der Waals surface area contributed by atoms with Crippen molar-refractivity contribution in [3.63, 3.8) is 0 Å². The van der Waals surface area contributed by atoms with E-state index < -0.39 is 11.7 Å². The molecule has 0 saturated carbocycles. The van der Waals surface area contributed by atoms with E-state index in [1.165, 1.54) is 20.1 Å². The highest BCUT2D eigenvalue weighted by Gasteiger charge is 2.14. The van der Waals surface area contributed by atoms with Crippen molar-refractivity contribution in [2.24, 2.45) is 0 Å². The minimum absolute atomic E-state index is 0.0766. The van der Waals surface area contributed by atoms with E-state index in [0.717, 1.165) is 17.7 Å². The molecular formula is C18H17ClFNO4. The maximum Gasteiger partial charge on any atom is 0.262 e. The third-order valence-corrected chi connectivity index (χ3v) is 3.84. The predicted octanol–water partition coefficient (Wildman–Crippen LogP) is 4.02. The second-order valence-corrected chi connectivity index (χ2v) is 5.74. The molecule has 0 saturated heterocycles. The summed E-state index contributed by atoms with van der Waals surface area (Å²) in [7, 11) is 1.46. The van der Waals surface area contributed by atoms with E-state index in [9.17, 15) is 14.0 Å². The zero-order valence-corrected chi connectivity index (χ0v) is 14.7. The average molecular weight is 366 g/mol. The molecule has 0 aliphatic rings. The molecule has 0 heterocycles. The monoisotopic (exact) mass is 365 g/mol. The van der Waals surface area contributed by atoms with Crippen LogP contribution in [0.4, 0.5) is 10.1 Å². The van der Waals surface area contributed by atoms with Crippen LogP contribution >= 0.6 is 11.6 Å². The van der Waals surface area contributed by atoms with Crippen LogP contribution in [0, 0.1) is 12.7 Å². The zero-order valence-electron chi connectivity index (χ0n) is 14.0. The molecule has 0 bridgehead atoms. The summed E-state index contributed by atoms with van der Waals surface area (Å²) in [6.45, 7) is 2.74. The van der Waals surface area contributed by atoms with E-state index in [0.29, 0.717) is 16.5 Å². The van der Waals surface area contributed by atoms with E-state index in [1.807, 2.05) is 0 Å². The fraction of sp³-hybridized carbons (Fsp3) is 0.222. The van der Waals surface area contributed by atoms with Gasteiger partial charge in [0.15, 0.2) is 12.4 Å². The first-order valence-corrected chi connectivity index (χ1v) is 7.77. The molecule has 25 heavy (non-hydrogen) atoms. The van der Waals surface area contributed by atoms with Gasteiger partial charge in [0.25, 0.3) is 5.91 Å². The van der Waals surface area contributed by atoms with Crippen molar-refractivity contribution in [1.29, 1.82) is 0 Å². The van der Waals surface area contributed by atoms with Gasteiger partial charge in [0.1, 0.15) is 17.3 Å². The van der Waals surface area contributed by atoms with E-state index in [2.05, 4.69) is 5.32 Å². The van der Waals surface area contributed by atoms with E-state index in [-0.39, 0.29) is 23.7 Å². The van der Waals surface area contributed by atoms with Gasteiger partial charge < -0.3 is 14.8 Å². The number of hydrogen-bond acceptors (Lipinski definition) is 4. The Morgan fingerprint density at radius 3 is 2.56 bits per heavy atom. The molecule has 1 amide bonds. The number of aryl methyl sites for hydroxylation is 1. The van der Waals surface area contributed by atoms with Crippen molar-refractivity contribution < 1.29 is 23.5 Å². The Bertz CT molecular complexity index is 823. The highest BCUT2D eigenvalue weighted by molar-refractivity contribution is 6.31.